The maximum absolute atomic E-state index is 13.1. The summed E-state index contributed by atoms with van der Waals surface area (Å²) in [6.45, 7) is 6.19. The van der Waals surface area contributed by atoms with E-state index in [1.54, 1.807) is 14.0 Å². The van der Waals surface area contributed by atoms with Gasteiger partial charge in [0.1, 0.15) is 23.3 Å². The van der Waals surface area contributed by atoms with Gasteiger partial charge in [0.25, 0.3) is 0 Å². The quantitative estimate of drug-likeness (QED) is 0.0861. The van der Waals surface area contributed by atoms with Gasteiger partial charge in [-0.25, -0.2) is 26.3 Å². The predicted octanol–water partition coefficient (Wildman–Crippen LogP) is 8.70. The van der Waals surface area contributed by atoms with Crippen LogP contribution in [0.3, 0.4) is 0 Å². The molecule has 236 valence electrons. The molecule has 0 atom stereocenters. The fraction of sp³-hybridized carbons (Fsp3) is 0.321. The van der Waals surface area contributed by atoms with E-state index < -0.39 is 40.7 Å². The van der Waals surface area contributed by atoms with Crippen LogP contribution < -0.4 is 10.5 Å². The van der Waals surface area contributed by atoms with Crippen molar-refractivity contribution in [1.82, 2.24) is 0 Å². The van der Waals surface area contributed by atoms with E-state index in [-0.39, 0.29) is 51.3 Å². The summed E-state index contributed by atoms with van der Waals surface area (Å²) in [4.78, 5) is 0. The first kappa shape index (κ1) is 43.8. The van der Waals surface area contributed by atoms with E-state index in [1.165, 1.54) is 19.1 Å². The number of aryl methyl sites for hydroxylation is 2. The molecule has 0 heterocycles. The van der Waals surface area contributed by atoms with Crippen LogP contribution in [0.5, 0.6) is 11.5 Å². The number of nitrogens with two attached hydrogens (primary N) is 1. The Balaban J connectivity index is -0.000000484. The van der Waals surface area contributed by atoms with E-state index in [9.17, 15) is 26.3 Å². The molecule has 3 aromatic rings. The third-order valence-corrected chi connectivity index (χ3v) is 5.42. The maximum atomic E-state index is 13.1. The van der Waals surface area contributed by atoms with Crippen molar-refractivity contribution in [2.24, 2.45) is 5.73 Å². The van der Waals surface area contributed by atoms with Gasteiger partial charge in [-0.3, -0.25) is 0 Å². The van der Waals surface area contributed by atoms with E-state index in [0.29, 0.717) is 22.7 Å². The predicted molar refractivity (Wildman–Crippen MR) is 154 cm³/mol. The molecule has 0 aliphatic carbocycles. The third-order valence-electron chi connectivity index (χ3n) is 4.49. The van der Waals surface area contributed by atoms with Crippen molar-refractivity contribution in [3.63, 3.8) is 0 Å². The first-order valence-corrected chi connectivity index (χ1v) is 13.4. The van der Waals surface area contributed by atoms with Crippen LogP contribution in [0, 0.1) is 56.2 Å². The summed E-state index contributed by atoms with van der Waals surface area (Å²) in [6, 6.07) is 6.08. The van der Waals surface area contributed by atoms with Gasteiger partial charge in [-0.2, -0.15) is 0 Å². The summed E-state index contributed by atoms with van der Waals surface area (Å²) in [7, 11) is 1.68. The van der Waals surface area contributed by atoms with E-state index in [0.717, 1.165) is 36.6 Å². The third kappa shape index (κ3) is 17.2. The van der Waals surface area contributed by atoms with Crippen molar-refractivity contribution < 1.29 is 61.3 Å². The number of aromatic hydroxyl groups is 1. The van der Waals surface area contributed by atoms with E-state index in [2.05, 4.69) is 36.6 Å². The number of rotatable bonds is 6. The Morgan fingerprint density at radius 1 is 0.780 bits per heavy atom. The van der Waals surface area contributed by atoms with Gasteiger partial charge in [0.05, 0.1) is 17.7 Å². The molecule has 0 fully saturated rings. The number of halogens is 8. The second-order valence-electron chi connectivity index (χ2n) is 7.68. The van der Waals surface area contributed by atoms with E-state index >= 15 is 0 Å². The van der Waals surface area contributed by atoms with Gasteiger partial charge < -0.3 is 27.7 Å². The first-order valence-electron chi connectivity index (χ1n) is 11.4. The van der Waals surface area contributed by atoms with Crippen LogP contribution in [0.4, 0.5) is 26.3 Å². The number of phenols is 1. The average molecular weight is 813 g/mol. The zero-order valence-corrected chi connectivity index (χ0v) is 27.9. The van der Waals surface area contributed by atoms with Crippen LogP contribution in [0.2, 0.25) is 0 Å². The second kappa shape index (κ2) is 23.9. The molecule has 13 heteroatoms. The molecule has 3 N–H and O–H groups in total. The first-order chi connectivity index (χ1) is 18.3. The van der Waals surface area contributed by atoms with E-state index in [4.69, 9.17) is 15.6 Å². The van der Waals surface area contributed by atoms with Crippen LogP contribution in [-0.4, -0.2) is 30.8 Å². The van der Waals surface area contributed by atoms with Gasteiger partial charge in [-0.1, -0.05) is 22.9 Å². The number of hydrogen-bond acceptors (Lipinski definition) is 4. The molecule has 0 unspecified atom stereocenters. The van der Waals surface area contributed by atoms with Crippen LogP contribution in [0.25, 0.3) is 0 Å². The molecular formula is C28H34Br2F6NO3Pd-. The Labute approximate surface area is 268 Å². The molecule has 0 aromatic heterocycles. The Morgan fingerprint density at radius 3 is 1.71 bits per heavy atom. The molecule has 0 aliphatic heterocycles. The largest absolute Gasteiger partial charge is 0.505 e. The molecule has 41 heavy (non-hydrogen) atoms. The van der Waals surface area contributed by atoms with Gasteiger partial charge in [0, 0.05) is 63.2 Å². The summed E-state index contributed by atoms with van der Waals surface area (Å²) in [5.41, 5.74) is 6.22. The Hall–Kier alpha value is -1.62. The van der Waals surface area contributed by atoms with Crippen molar-refractivity contribution >= 4 is 31.9 Å². The van der Waals surface area contributed by atoms with Crippen molar-refractivity contribution in [2.45, 2.75) is 33.7 Å². The van der Waals surface area contributed by atoms with Crippen LogP contribution in [0.1, 0.15) is 30.0 Å². The van der Waals surface area contributed by atoms with Crippen molar-refractivity contribution in [3.05, 3.63) is 99.9 Å². The number of hydrogen-bond donors (Lipinski definition) is 2. The van der Waals surface area contributed by atoms with Gasteiger partial charge in [0.2, 0.25) is 0 Å². The normalized spacial score (nSPS) is 9.39. The minimum atomic E-state index is -0.928. The Kier molecular flexibility index (Phi) is 25.5. The van der Waals surface area contributed by atoms with E-state index in [1.807, 2.05) is 6.92 Å². The topological polar surface area (TPSA) is 64.7 Å². The van der Waals surface area contributed by atoms with Crippen LogP contribution >= 0.6 is 31.9 Å². The average Bonchev–Trinajstić information content (AvgIpc) is 2.88. The molecular weight excluding hydrogens is 779 g/mol. The van der Waals surface area contributed by atoms with Crippen LogP contribution in [0.15, 0.2) is 40.9 Å². The number of ether oxygens (including phenoxy) is 2. The molecule has 4 nitrogen and oxygen atoms in total. The Bertz CT molecular complexity index is 1020. The number of phenolic OH excluding ortho intramolecular Hbond substituents is 1. The van der Waals surface area contributed by atoms with Crippen LogP contribution in [-0.2, 0) is 31.7 Å². The van der Waals surface area contributed by atoms with Gasteiger partial charge in [-0.15, -0.1) is 0 Å². The fourth-order valence-corrected chi connectivity index (χ4v) is 3.17. The van der Waals surface area contributed by atoms with Gasteiger partial charge >= 0.3 is 0 Å². The fourth-order valence-electron chi connectivity index (χ4n) is 2.39. The molecule has 0 saturated heterocycles. The monoisotopic (exact) mass is 810 g/mol. The summed E-state index contributed by atoms with van der Waals surface area (Å²) in [5, 5.41) is 9.62. The summed E-state index contributed by atoms with van der Waals surface area (Å²) in [5.74, 6) is -4.42. The summed E-state index contributed by atoms with van der Waals surface area (Å²) >= 11 is 6.12. The molecule has 0 radical (unpaired) electrons. The van der Waals surface area contributed by atoms with Crippen molar-refractivity contribution in [2.75, 3.05) is 25.7 Å². The number of alkyl halides is 1. The van der Waals surface area contributed by atoms with Crippen molar-refractivity contribution in [3.8, 4) is 11.5 Å². The molecule has 0 saturated carbocycles. The minimum Gasteiger partial charge on any atom is -0.505 e. The number of methoxy groups -OCH3 is 1. The van der Waals surface area contributed by atoms with Gasteiger partial charge in [-0.05, 0) is 65.5 Å². The summed E-state index contributed by atoms with van der Waals surface area (Å²) < 4.78 is 85.7. The Morgan fingerprint density at radius 2 is 1.29 bits per heavy atom. The molecule has 3 rings (SSSR count). The zero-order chi connectivity index (χ0) is 30.1. The maximum Gasteiger partial charge on any atom is 0.167 e. The molecule has 0 amide bonds. The smallest absolute Gasteiger partial charge is 0.167 e. The van der Waals surface area contributed by atoms with Crippen molar-refractivity contribution in [1.29, 1.82) is 0 Å². The molecule has 0 aliphatic rings. The zero-order valence-electron chi connectivity index (χ0n) is 23.2. The van der Waals surface area contributed by atoms with Gasteiger partial charge in [0.15, 0.2) is 23.1 Å². The summed E-state index contributed by atoms with van der Waals surface area (Å²) in [6.07, 6.45) is 0.773. The number of benzene rings is 3. The molecule has 0 bridgehead atoms. The standard InChI is InChI=1S/C10H13F2NO.C7H5BrF2.C7H6F2O.C3H7BrO.CH3.Pd/c1-2-3-14-10-4-7(6-13)8(11)5-9(10)12;1-4-2-5(8)7(10)3-6(4)9;1-4-2-7(10)6(9)3-5(4)8;1-5-3-2-4;;/h4-5H,2-3,6,13H2,1H3;2-3H,1H3;2-3,10H,1H3;2-3H2,1H3;1H3;/q;;;;-1;. The SMILES string of the molecule is CCCOc1cc(CN)c(F)cc1F.COCCBr.Cc1cc(Br)c(F)cc1F.Cc1cc(O)c(F)cc1F.[CH3-].[Pd]. The second-order valence-corrected chi connectivity index (χ2v) is 9.32. The molecule has 0 spiro atoms. The minimum absolute atomic E-state index is 0. The molecule has 3 aromatic carbocycles.